The third kappa shape index (κ3) is 3.04. The van der Waals surface area contributed by atoms with Gasteiger partial charge in [-0.2, -0.15) is 0 Å². The Balaban J connectivity index is 1.60. The third-order valence-corrected chi connectivity index (χ3v) is 4.80. The van der Waals surface area contributed by atoms with E-state index in [4.69, 9.17) is 4.74 Å². The minimum atomic E-state index is 0.638. The van der Waals surface area contributed by atoms with Gasteiger partial charge in [0.2, 0.25) is 0 Å². The molecule has 2 bridgehead atoms. The number of aromatic nitrogens is 1. The first kappa shape index (κ1) is 14.5. The highest BCUT2D eigenvalue weighted by Gasteiger charge is 2.32. The number of fused-ring (bicyclic) bond motifs is 2. The van der Waals surface area contributed by atoms with Gasteiger partial charge in [-0.1, -0.05) is 12.1 Å². The SMILES string of the molecule is CCOc1cccc(-c2cncc(N3CC4CNC(C4)C3)c2)c1. The van der Waals surface area contributed by atoms with Crippen LogP contribution >= 0.6 is 0 Å². The van der Waals surface area contributed by atoms with Gasteiger partial charge in [0.25, 0.3) is 0 Å². The van der Waals surface area contributed by atoms with Gasteiger partial charge in [0, 0.05) is 37.4 Å². The standard InChI is InChI=1S/C19H23N3O/c1-2-23-19-5-3-4-15(8-19)16-7-18(11-20-10-16)22-12-14-6-17(13-22)21-9-14/h3-5,7-8,10-11,14,17,21H,2,6,9,12-13H2,1H3. The number of ether oxygens (including phenoxy) is 1. The Labute approximate surface area is 137 Å². The summed E-state index contributed by atoms with van der Waals surface area (Å²) in [6.45, 7) is 6.07. The smallest absolute Gasteiger partial charge is 0.119 e. The maximum Gasteiger partial charge on any atom is 0.119 e. The van der Waals surface area contributed by atoms with Gasteiger partial charge in [-0.3, -0.25) is 4.98 Å². The lowest BCUT2D eigenvalue weighted by Crippen LogP contribution is -2.41. The predicted octanol–water partition coefficient (Wildman–Crippen LogP) is 2.95. The molecule has 2 aliphatic heterocycles. The zero-order valence-electron chi connectivity index (χ0n) is 13.5. The molecule has 0 saturated carbocycles. The van der Waals surface area contributed by atoms with Gasteiger partial charge in [-0.15, -0.1) is 0 Å². The zero-order chi connectivity index (χ0) is 15.6. The second kappa shape index (κ2) is 6.20. The largest absolute Gasteiger partial charge is 0.494 e. The number of nitrogens with zero attached hydrogens (tertiary/aromatic N) is 2. The summed E-state index contributed by atoms with van der Waals surface area (Å²) in [4.78, 5) is 6.95. The number of anilines is 1. The van der Waals surface area contributed by atoms with Crippen molar-refractivity contribution in [2.24, 2.45) is 5.92 Å². The molecule has 0 amide bonds. The Kier molecular flexibility index (Phi) is 3.92. The van der Waals surface area contributed by atoms with E-state index in [1.165, 1.54) is 12.1 Å². The highest BCUT2D eigenvalue weighted by Crippen LogP contribution is 2.30. The first-order valence-electron chi connectivity index (χ1n) is 8.48. The summed E-state index contributed by atoms with van der Waals surface area (Å²) >= 11 is 0. The first-order chi connectivity index (χ1) is 11.3. The van der Waals surface area contributed by atoms with Gasteiger partial charge in [-0.25, -0.2) is 0 Å². The maximum atomic E-state index is 5.61. The highest BCUT2D eigenvalue weighted by atomic mass is 16.5. The molecule has 4 nitrogen and oxygen atoms in total. The number of benzene rings is 1. The topological polar surface area (TPSA) is 37.4 Å². The Morgan fingerprint density at radius 2 is 2.17 bits per heavy atom. The Morgan fingerprint density at radius 1 is 1.22 bits per heavy atom. The van der Waals surface area contributed by atoms with Crippen molar-refractivity contribution in [2.45, 2.75) is 19.4 Å². The van der Waals surface area contributed by atoms with Crippen LogP contribution < -0.4 is 15.0 Å². The van der Waals surface area contributed by atoms with Crippen LogP contribution in [-0.2, 0) is 0 Å². The van der Waals surface area contributed by atoms with Crippen LogP contribution in [0.4, 0.5) is 5.69 Å². The minimum Gasteiger partial charge on any atom is -0.494 e. The fraction of sp³-hybridized carbons (Fsp3) is 0.421. The molecule has 4 heteroatoms. The van der Waals surface area contributed by atoms with Gasteiger partial charge in [0.1, 0.15) is 5.75 Å². The molecule has 120 valence electrons. The van der Waals surface area contributed by atoms with Crippen LogP contribution in [0.15, 0.2) is 42.7 Å². The molecule has 0 spiro atoms. The van der Waals surface area contributed by atoms with E-state index in [9.17, 15) is 0 Å². The average Bonchev–Trinajstić information content (AvgIpc) is 2.93. The van der Waals surface area contributed by atoms with Crippen LogP contribution in [-0.4, -0.2) is 37.3 Å². The van der Waals surface area contributed by atoms with E-state index >= 15 is 0 Å². The predicted molar refractivity (Wildman–Crippen MR) is 93.0 cm³/mol. The van der Waals surface area contributed by atoms with Gasteiger partial charge in [0.15, 0.2) is 0 Å². The molecule has 2 unspecified atom stereocenters. The molecule has 1 N–H and O–H groups in total. The van der Waals surface area contributed by atoms with Gasteiger partial charge in [-0.05, 0) is 43.0 Å². The van der Waals surface area contributed by atoms with Crippen molar-refractivity contribution in [3.05, 3.63) is 42.7 Å². The fourth-order valence-corrected chi connectivity index (χ4v) is 3.73. The lowest BCUT2D eigenvalue weighted by Gasteiger charge is -2.32. The summed E-state index contributed by atoms with van der Waals surface area (Å²) in [6, 6.07) is 11.1. The van der Waals surface area contributed by atoms with Crippen LogP contribution in [0.3, 0.4) is 0 Å². The molecule has 23 heavy (non-hydrogen) atoms. The van der Waals surface area contributed by atoms with E-state index in [0.29, 0.717) is 12.6 Å². The Morgan fingerprint density at radius 3 is 3.04 bits per heavy atom. The Bertz CT molecular complexity index is 676. The number of piperidine rings is 1. The second-order valence-electron chi connectivity index (χ2n) is 6.50. The molecular weight excluding hydrogens is 286 g/mol. The molecule has 1 aromatic carbocycles. The minimum absolute atomic E-state index is 0.638. The van der Waals surface area contributed by atoms with E-state index in [0.717, 1.165) is 42.4 Å². The quantitative estimate of drug-likeness (QED) is 0.942. The van der Waals surface area contributed by atoms with Gasteiger partial charge in [0.05, 0.1) is 18.5 Å². The number of hydrogen-bond donors (Lipinski definition) is 1. The van der Waals surface area contributed by atoms with Crippen molar-refractivity contribution in [1.82, 2.24) is 10.3 Å². The number of rotatable bonds is 4. The van der Waals surface area contributed by atoms with Crippen molar-refractivity contribution in [1.29, 1.82) is 0 Å². The zero-order valence-corrected chi connectivity index (χ0v) is 13.5. The van der Waals surface area contributed by atoms with Gasteiger partial charge < -0.3 is 15.0 Å². The van der Waals surface area contributed by atoms with Crippen molar-refractivity contribution in [2.75, 3.05) is 31.1 Å². The number of nitrogens with one attached hydrogen (secondary N) is 1. The number of pyridine rings is 1. The molecule has 3 heterocycles. The molecule has 2 aliphatic rings. The molecule has 0 aliphatic carbocycles. The molecule has 2 fully saturated rings. The fourth-order valence-electron chi connectivity index (χ4n) is 3.73. The maximum absolute atomic E-state index is 5.61. The van der Waals surface area contributed by atoms with Crippen LogP contribution in [0.2, 0.25) is 0 Å². The van der Waals surface area contributed by atoms with E-state index < -0.39 is 0 Å². The van der Waals surface area contributed by atoms with Crippen molar-refractivity contribution in [3.8, 4) is 16.9 Å². The van der Waals surface area contributed by atoms with E-state index in [-0.39, 0.29) is 0 Å². The summed E-state index contributed by atoms with van der Waals surface area (Å²) in [5, 5.41) is 3.61. The summed E-state index contributed by atoms with van der Waals surface area (Å²) in [5.74, 6) is 1.69. The monoisotopic (exact) mass is 309 g/mol. The molecule has 0 radical (unpaired) electrons. The number of hydrogen-bond acceptors (Lipinski definition) is 4. The summed E-state index contributed by atoms with van der Waals surface area (Å²) < 4.78 is 5.61. The molecule has 2 saturated heterocycles. The highest BCUT2D eigenvalue weighted by molar-refractivity contribution is 5.68. The normalized spacial score (nSPS) is 23.1. The lowest BCUT2D eigenvalue weighted by atomic mass is 9.99. The van der Waals surface area contributed by atoms with E-state index in [2.05, 4.69) is 33.4 Å². The van der Waals surface area contributed by atoms with Crippen LogP contribution in [0.25, 0.3) is 11.1 Å². The first-order valence-corrected chi connectivity index (χ1v) is 8.48. The van der Waals surface area contributed by atoms with Gasteiger partial charge >= 0.3 is 0 Å². The summed E-state index contributed by atoms with van der Waals surface area (Å²) in [6.07, 6.45) is 5.24. The summed E-state index contributed by atoms with van der Waals surface area (Å²) in [7, 11) is 0. The van der Waals surface area contributed by atoms with Crippen LogP contribution in [0.5, 0.6) is 5.75 Å². The van der Waals surface area contributed by atoms with Crippen molar-refractivity contribution >= 4 is 5.69 Å². The average molecular weight is 309 g/mol. The molecular formula is C19H23N3O. The summed E-state index contributed by atoms with van der Waals surface area (Å²) in [5.41, 5.74) is 3.53. The lowest BCUT2D eigenvalue weighted by molar-refractivity contribution is 0.340. The van der Waals surface area contributed by atoms with Crippen molar-refractivity contribution in [3.63, 3.8) is 0 Å². The molecule has 2 aromatic rings. The Hall–Kier alpha value is -2.07. The van der Waals surface area contributed by atoms with Crippen LogP contribution in [0, 0.1) is 5.92 Å². The van der Waals surface area contributed by atoms with Crippen molar-refractivity contribution < 1.29 is 4.74 Å². The second-order valence-corrected chi connectivity index (χ2v) is 6.50. The molecule has 2 atom stereocenters. The van der Waals surface area contributed by atoms with E-state index in [1.807, 2.05) is 31.5 Å². The molecule has 4 rings (SSSR count). The van der Waals surface area contributed by atoms with Crippen LogP contribution in [0.1, 0.15) is 13.3 Å². The third-order valence-electron chi connectivity index (χ3n) is 4.80. The van der Waals surface area contributed by atoms with E-state index in [1.54, 1.807) is 0 Å². The molecule has 1 aromatic heterocycles.